The fraction of sp³-hybridized carbons (Fsp3) is 0.176. The summed E-state index contributed by atoms with van der Waals surface area (Å²) in [6, 6.07) is 8.56. The lowest BCUT2D eigenvalue weighted by Crippen LogP contribution is -2.15. The van der Waals surface area contributed by atoms with Gasteiger partial charge < -0.3 is 10.4 Å². The number of aromatic carboxylic acids is 1. The number of halogens is 4. The number of rotatable bonds is 5. The zero-order chi connectivity index (χ0) is 18.6. The number of benzene rings is 2. The molecule has 0 heterocycles. The predicted molar refractivity (Wildman–Crippen MR) is 86.8 cm³/mol. The van der Waals surface area contributed by atoms with Crippen molar-refractivity contribution in [2.24, 2.45) is 0 Å². The molecule has 0 saturated carbocycles. The maximum Gasteiger partial charge on any atom is 0.416 e. The lowest BCUT2D eigenvalue weighted by Gasteiger charge is -2.10. The summed E-state index contributed by atoms with van der Waals surface area (Å²) in [5, 5.41) is 11.8. The van der Waals surface area contributed by atoms with E-state index < -0.39 is 23.6 Å². The number of nitrogens with one attached hydrogen (secondary N) is 1. The van der Waals surface area contributed by atoms with Gasteiger partial charge in [0, 0.05) is 11.4 Å². The van der Waals surface area contributed by atoms with Crippen molar-refractivity contribution in [1.82, 2.24) is 0 Å². The maximum atomic E-state index is 12.5. The molecule has 0 unspecified atom stereocenters. The molecule has 2 aromatic carbocycles. The van der Waals surface area contributed by atoms with E-state index in [4.69, 9.17) is 16.7 Å². The first-order chi connectivity index (χ1) is 11.7. The van der Waals surface area contributed by atoms with Crippen LogP contribution in [0.2, 0.25) is 5.02 Å². The first-order valence-corrected chi connectivity index (χ1v) is 7.53. The molecule has 0 spiro atoms. The highest BCUT2D eigenvalue weighted by molar-refractivity contribution is 6.31. The van der Waals surface area contributed by atoms with Gasteiger partial charge in [0.05, 0.1) is 16.8 Å². The zero-order valence-electron chi connectivity index (χ0n) is 12.7. The SMILES string of the molecule is O=C(CCc1ccc(C(F)(F)F)cc1)Nc1ccc(Cl)cc1C(=O)O. The first kappa shape index (κ1) is 18.8. The number of hydrogen-bond acceptors (Lipinski definition) is 2. The molecule has 4 nitrogen and oxygen atoms in total. The van der Waals surface area contributed by atoms with Gasteiger partial charge in [0.2, 0.25) is 5.91 Å². The Morgan fingerprint density at radius 2 is 1.72 bits per heavy atom. The lowest BCUT2D eigenvalue weighted by molar-refractivity contribution is -0.137. The predicted octanol–water partition coefficient (Wildman–Crippen LogP) is 4.63. The molecule has 0 bridgehead atoms. The topological polar surface area (TPSA) is 66.4 Å². The number of carbonyl (C=O) groups is 2. The third kappa shape index (κ3) is 5.22. The van der Waals surface area contributed by atoms with Gasteiger partial charge in [-0.1, -0.05) is 23.7 Å². The van der Waals surface area contributed by atoms with E-state index in [9.17, 15) is 22.8 Å². The van der Waals surface area contributed by atoms with Crippen molar-refractivity contribution in [2.45, 2.75) is 19.0 Å². The van der Waals surface area contributed by atoms with Crippen LogP contribution in [0.1, 0.15) is 27.9 Å². The van der Waals surface area contributed by atoms with Crippen LogP contribution < -0.4 is 5.32 Å². The van der Waals surface area contributed by atoms with Gasteiger partial charge in [-0.2, -0.15) is 13.2 Å². The van der Waals surface area contributed by atoms with Crippen LogP contribution in [0.4, 0.5) is 18.9 Å². The Balaban J connectivity index is 1.99. The monoisotopic (exact) mass is 371 g/mol. The number of carboxylic acid groups (broad SMARTS) is 1. The molecule has 0 aliphatic carbocycles. The largest absolute Gasteiger partial charge is 0.478 e. The third-order valence-corrected chi connectivity index (χ3v) is 3.64. The van der Waals surface area contributed by atoms with E-state index in [-0.39, 0.29) is 29.1 Å². The standard InChI is InChI=1S/C17H13ClF3NO3/c18-12-6-7-14(13(9-12)16(24)25)22-15(23)8-3-10-1-4-11(5-2-10)17(19,20)21/h1-2,4-7,9H,3,8H2,(H,22,23)(H,24,25). The fourth-order valence-electron chi connectivity index (χ4n) is 2.13. The Labute approximate surface area is 146 Å². The molecule has 0 aliphatic heterocycles. The quantitative estimate of drug-likeness (QED) is 0.805. The van der Waals surface area contributed by atoms with Crippen molar-refractivity contribution in [2.75, 3.05) is 5.32 Å². The molecule has 0 aliphatic rings. The first-order valence-electron chi connectivity index (χ1n) is 7.15. The molecule has 0 fully saturated rings. The van der Waals surface area contributed by atoms with Crippen LogP contribution in [0.15, 0.2) is 42.5 Å². The molecule has 0 aromatic heterocycles. The molecule has 132 valence electrons. The molecular weight excluding hydrogens is 359 g/mol. The molecule has 2 aromatic rings. The molecule has 2 N–H and O–H groups in total. The number of carbonyl (C=O) groups excluding carboxylic acids is 1. The summed E-state index contributed by atoms with van der Waals surface area (Å²) < 4.78 is 37.5. The van der Waals surface area contributed by atoms with Crippen molar-refractivity contribution in [3.8, 4) is 0 Å². The van der Waals surface area contributed by atoms with Crippen molar-refractivity contribution in [3.05, 3.63) is 64.2 Å². The number of amides is 1. The lowest BCUT2D eigenvalue weighted by atomic mass is 10.1. The van der Waals surface area contributed by atoms with Crippen molar-refractivity contribution in [3.63, 3.8) is 0 Å². The molecule has 0 radical (unpaired) electrons. The van der Waals surface area contributed by atoms with Gasteiger partial charge in [-0.05, 0) is 42.3 Å². The molecule has 0 saturated heterocycles. The van der Waals surface area contributed by atoms with Crippen LogP contribution in [-0.4, -0.2) is 17.0 Å². The van der Waals surface area contributed by atoms with Crippen LogP contribution in [-0.2, 0) is 17.4 Å². The molecule has 8 heteroatoms. The Morgan fingerprint density at radius 1 is 1.08 bits per heavy atom. The Kier molecular flexibility index (Phi) is 5.69. The van der Waals surface area contributed by atoms with E-state index in [1.54, 1.807) is 0 Å². The van der Waals surface area contributed by atoms with Gasteiger partial charge in [0.15, 0.2) is 0 Å². The van der Waals surface area contributed by atoms with Gasteiger partial charge in [-0.3, -0.25) is 4.79 Å². The van der Waals surface area contributed by atoms with Gasteiger partial charge in [0.1, 0.15) is 0 Å². The summed E-state index contributed by atoms with van der Waals surface area (Å²) in [6.45, 7) is 0. The van der Waals surface area contributed by atoms with Crippen LogP contribution >= 0.6 is 11.6 Å². The van der Waals surface area contributed by atoms with Crippen LogP contribution in [0.3, 0.4) is 0 Å². The highest BCUT2D eigenvalue weighted by atomic mass is 35.5. The Hall–Kier alpha value is -2.54. The van der Waals surface area contributed by atoms with Crippen molar-refractivity contribution >= 4 is 29.2 Å². The summed E-state index contributed by atoms with van der Waals surface area (Å²) in [7, 11) is 0. The van der Waals surface area contributed by atoms with E-state index in [2.05, 4.69) is 5.32 Å². The molecule has 2 rings (SSSR count). The highest BCUT2D eigenvalue weighted by Crippen LogP contribution is 2.29. The van der Waals surface area contributed by atoms with E-state index in [0.717, 1.165) is 12.1 Å². The number of anilines is 1. The smallest absolute Gasteiger partial charge is 0.416 e. The van der Waals surface area contributed by atoms with Crippen molar-refractivity contribution < 1.29 is 27.9 Å². The Morgan fingerprint density at radius 3 is 2.28 bits per heavy atom. The van der Waals surface area contributed by atoms with E-state index in [0.29, 0.717) is 5.56 Å². The van der Waals surface area contributed by atoms with Gasteiger partial charge >= 0.3 is 12.1 Å². The average Bonchev–Trinajstić information content (AvgIpc) is 2.54. The second-order valence-electron chi connectivity index (χ2n) is 5.24. The molecule has 0 atom stereocenters. The molecular formula is C17H13ClF3NO3. The average molecular weight is 372 g/mol. The van der Waals surface area contributed by atoms with Crippen LogP contribution in [0.5, 0.6) is 0 Å². The van der Waals surface area contributed by atoms with Crippen LogP contribution in [0, 0.1) is 0 Å². The van der Waals surface area contributed by atoms with E-state index >= 15 is 0 Å². The minimum atomic E-state index is -4.41. The van der Waals surface area contributed by atoms with E-state index in [1.165, 1.54) is 30.3 Å². The fourth-order valence-corrected chi connectivity index (χ4v) is 2.31. The molecule has 1 amide bonds. The van der Waals surface area contributed by atoms with E-state index in [1.807, 2.05) is 0 Å². The number of hydrogen-bond donors (Lipinski definition) is 2. The third-order valence-electron chi connectivity index (χ3n) is 3.41. The summed E-state index contributed by atoms with van der Waals surface area (Å²) in [5.74, 6) is -1.69. The Bertz CT molecular complexity index is 789. The zero-order valence-corrected chi connectivity index (χ0v) is 13.5. The summed E-state index contributed by atoms with van der Waals surface area (Å²) in [4.78, 5) is 23.1. The van der Waals surface area contributed by atoms with Crippen LogP contribution in [0.25, 0.3) is 0 Å². The summed E-state index contributed by atoms with van der Waals surface area (Å²) in [6.07, 6.45) is -4.19. The summed E-state index contributed by atoms with van der Waals surface area (Å²) in [5.41, 5.74) is -0.227. The minimum absolute atomic E-state index is 0.00689. The highest BCUT2D eigenvalue weighted by Gasteiger charge is 2.29. The minimum Gasteiger partial charge on any atom is -0.478 e. The van der Waals surface area contributed by atoms with Gasteiger partial charge in [-0.25, -0.2) is 4.79 Å². The van der Waals surface area contributed by atoms with Gasteiger partial charge in [0.25, 0.3) is 0 Å². The second kappa shape index (κ2) is 7.57. The van der Waals surface area contributed by atoms with Gasteiger partial charge in [-0.15, -0.1) is 0 Å². The maximum absolute atomic E-state index is 12.5. The normalized spacial score (nSPS) is 11.2. The number of alkyl halides is 3. The van der Waals surface area contributed by atoms with Crippen molar-refractivity contribution in [1.29, 1.82) is 0 Å². The summed E-state index contributed by atoms with van der Waals surface area (Å²) >= 11 is 5.73. The number of carboxylic acids is 1. The molecule has 25 heavy (non-hydrogen) atoms. The second-order valence-corrected chi connectivity index (χ2v) is 5.67. The number of aryl methyl sites for hydroxylation is 1.